The van der Waals surface area contributed by atoms with Crippen molar-refractivity contribution in [3.63, 3.8) is 0 Å². The normalized spacial score (nSPS) is 28.8. The Balaban J connectivity index is 1.95. The number of H-pyrrole nitrogens is 1. The highest BCUT2D eigenvalue weighted by Gasteiger charge is 2.37. The quantitative estimate of drug-likeness (QED) is 0.828. The van der Waals surface area contributed by atoms with E-state index in [1.807, 2.05) is 0 Å². The first-order chi connectivity index (χ1) is 8.68. The lowest BCUT2D eigenvalue weighted by Gasteiger charge is -2.33. The molecular formula is C14H23N3S. The molecule has 0 saturated carbocycles. The van der Waals surface area contributed by atoms with Crippen LogP contribution in [0, 0.1) is 4.77 Å². The second-order valence-electron chi connectivity index (χ2n) is 6.00. The molecular weight excluding hydrogens is 242 g/mol. The standard InChI is InChI=1S/C14H23N3S/c1-10(2)13-9-15-14(18)17(13)12-6-8-16-7-4-3-5-11(12)16/h9-12H,3-8H2,1-2H3,(H,15,18). The maximum Gasteiger partial charge on any atom is 0.177 e. The van der Waals surface area contributed by atoms with Crippen LogP contribution in [0.5, 0.6) is 0 Å². The number of imidazole rings is 1. The first kappa shape index (κ1) is 12.4. The third-order valence-electron chi connectivity index (χ3n) is 4.58. The fourth-order valence-electron chi connectivity index (χ4n) is 3.70. The van der Waals surface area contributed by atoms with Crippen molar-refractivity contribution in [1.29, 1.82) is 0 Å². The summed E-state index contributed by atoms with van der Waals surface area (Å²) in [4.78, 5) is 5.92. The molecule has 0 bridgehead atoms. The van der Waals surface area contributed by atoms with E-state index in [0.29, 0.717) is 12.0 Å². The SMILES string of the molecule is CC(C)c1c[nH]c(=S)n1C1CCN2CCCCC12. The number of nitrogens with zero attached hydrogens (tertiary/aromatic N) is 2. The number of nitrogens with one attached hydrogen (secondary N) is 1. The van der Waals surface area contributed by atoms with E-state index in [1.54, 1.807) is 0 Å². The summed E-state index contributed by atoms with van der Waals surface area (Å²) in [5, 5.41) is 0. The van der Waals surface area contributed by atoms with E-state index in [0.717, 1.165) is 10.8 Å². The number of aromatic nitrogens is 2. The highest BCUT2D eigenvalue weighted by molar-refractivity contribution is 7.71. The van der Waals surface area contributed by atoms with Gasteiger partial charge in [0.05, 0.1) is 6.04 Å². The highest BCUT2D eigenvalue weighted by atomic mass is 32.1. The minimum absolute atomic E-state index is 0.538. The van der Waals surface area contributed by atoms with Crippen LogP contribution in [0.15, 0.2) is 6.20 Å². The van der Waals surface area contributed by atoms with Crippen LogP contribution in [0.4, 0.5) is 0 Å². The molecule has 4 heteroatoms. The molecule has 1 aromatic rings. The molecule has 0 aromatic carbocycles. The summed E-state index contributed by atoms with van der Waals surface area (Å²) in [6.07, 6.45) is 7.47. The van der Waals surface area contributed by atoms with Crippen molar-refractivity contribution < 1.29 is 0 Å². The Bertz CT molecular complexity index is 474. The predicted molar refractivity (Wildman–Crippen MR) is 76.6 cm³/mol. The Labute approximate surface area is 114 Å². The van der Waals surface area contributed by atoms with Crippen molar-refractivity contribution >= 4 is 12.2 Å². The molecule has 0 radical (unpaired) electrons. The molecule has 0 amide bonds. The van der Waals surface area contributed by atoms with E-state index in [1.165, 1.54) is 44.5 Å². The average Bonchev–Trinajstić information content (AvgIpc) is 2.92. The smallest absolute Gasteiger partial charge is 0.177 e. The number of hydrogen-bond acceptors (Lipinski definition) is 2. The maximum atomic E-state index is 5.51. The van der Waals surface area contributed by atoms with Crippen molar-refractivity contribution in [2.24, 2.45) is 0 Å². The Morgan fingerprint density at radius 1 is 1.22 bits per heavy atom. The van der Waals surface area contributed by atoms with Gasteiger partial charge in [-0.25, -0.2) is 0 Å². The van der Waals surface area contributed by atoms with E-state index >= 15 is 0 Å². The monoisotopic (exact) mass is 265 g/mol. The van der Waals surface area contributed by atoms with Gasteiger partial charge in [0.25, 0.3) is 0 Å². The van der Waals surface area contributed by atoms with Crippen LogP contribution >= 0.6 is 12.2 Å². The van der Waals surface area contributed by atoms with Gasteiger partial charge in [0.2, 0.25) is 0 Å². The molecule has 1 N–H and O–H groups in total. The molecule has 2 fully saturated rings. The summed E-state index contributed by atoms with van der Waals surface area (Å²) in [6, 6.07) is 1.32. The molecule has 2 aliphatic rings. The minimum Gasteiger partial charge on any atom is -0.337 e. The van der Waals surface area contributed by atoms with Gasteiger partial charge >= 0.3 is 0 Å². The number of fused-ring (bicyclic) bond motifs is 1. The van der Waals surface area contributed by atoms with E-state index in [2.05, 4.69) is 34.5 Å². The molecule has 2 atom stereocenters. The fraction of sp³-hybridized carbons (Fsp3) is 0.786. The lowest BCUT2D eigenvalue weighted by molar-refractivity contribution is 0.172. The summed E-state index contributed by atoms with van der Waals surface area (Å²) >= 11 is 5.51. The molecule has 3 rings (SSSR count). The van der Waals surface area contributed by atoms with E-state index in [9.17, 15) is 0 Å². The number of aromatic amines is 1. The maximum absolute atomic E-state index is 5.51. The Morgan fingerprint density at radius 2 is 2.06 bits per heavy atom. The van der Waals surface area contributed by atoms with Crippen LogP contribution in [-0.2, 0) is 0 Å². The summed E-state index contributed by atoms with van der Waals surface area (Å²) < 4.78 is 3.33. The zero-order valence-corrected chi connectivity index (χ0v) is 12.2. The van der Waals surface area contributed by atoms with Crippen LogP contribution in [0.1, 0.15) is 57.2 Å². The van der Waals surface area contributed by atoms with Gasteiger partial charge in [0.1, 0.15) is 0 Å². The fourth-order valence-corrected chi connectivity index (χ4v) is 4.00. The van der Waals surface area contributed by atoms with Gasteiger partial charge in [-0.05, 0) is 43.9 Å². The highest BCUT2D eigenvalue weighted by Crippen LogP contribution is 2.37. The number of rotatable bonds is 2. The molecule has 3 heterocycles. The van der Waals surface area contributed by atoms with Crippen LogP contribution in [0.3, 0.4) is 0 Å². The van der Waals surface area contributed by atoms with Gasteiger partial charge in [-0.15, -0.1) is 0 Å². The van der Waals surface area contributed by atoms with Gasteiger partial charge in [-0.3, -0.25) is 4.90 Å². The van der Waals surface area contributed by atoms with Crippen LogP contribution in [-0.4, -0.2) is 33.6 Å². The van der Waals surface area contributed by atoms with Crippen LogP contribution in [0.25, 0.3) is 0 Å². The first-order valence-corrected chi connectivity index (χ1v) is 7.63. The zero-order chi connectivity index (χ0) is 12.7. The topological polar surface area (TPSA) is 24.0 Å². The molecule has 0 aliphatic carbocycles. The molecule has 2 aliphatic heterocycles. The van der Waals surface area contributed by atoms with E-state index in [-0.39, 0.29) is 0 Å². The van der Waals surface area contributed by atoms with Crippen molar-refractivity contribution in [3.8, 4) is 0 Å². The van der Waals surface area contributed by atoms with Crippen LogP contribution in [0.2, 0.25) is 0 Å². The molecule has 0 spiro atoms. The molecule has 3 nitrogen and oxygen atoms in total. The van der Waals surface area contributed by atoms with Gasteiger partial charge in [-0.2, -0.15) is 0 Å². The number of piperidine rings is 1. The predicted octanol–water partition coefficient (Wildman–Crippen LogP) is 3.47. The van der Waals surface area contributed by atoms with Crippen molar-refractivity contribution in [2.45, 2.75) is 57.5 Å². The summed E-state index contributed by atoms with van der Waals surface area (Å²) in [6.45, 7) is 7.04. The lowest BCUT2D eigenvalue weighted by Crippen LogP contribution is -2.38. The Hall–Kier alpha value is -0.610. The third kappa shape index (κ3) is 1.95. The van der Waals surface area contributed by atoms with Gasteiger partial charge < -0.3 is 9.55 Å². The summed E-state index contributed by atoms with van der Waals surface area (Å²) in [5.74, 6) is 0.538. The molecule has 2 unspecified atom stereocenters. The van der Waals surface area contributed by atoms with Crippen molar-refractivity contribution in [3.05, 3.63) is 16.7 Å². The number of hydrogen-bond donors (Lipinski definition) is 1. The first-order valence-electron chi connectivity index (χ1n) is 7.22. The third-order valence-corrected chi connectivity index (χ3v) is 4.90. The van der Waals surface area contributed by atoms with Crippen molar-refractivity contribution in [1.82, 2.24) is 14.5 Å². The second-order valence-corrected chi connectivity index (χ2v) is 6.39. The summed E-state index contributed by atoms with van der Waals surface area (Å²) in [5.41, 5.74) is 1.37. The summed E-state index contributed by atoms with van der Waals surface area (Å²) in [7, 11) is 0. The van der Waals surface area contributed by atoms with Gasteiger partial charge in [-0.1, -0.05) is 20.3 Å². The molecule has 100 valence electrons. The zero-order valence-electron chi connectivity index (χ0n) is 11.4. The molecule has 18 heavy (non-hydrogen) atoms. The van der Waals surface area contributed by atoms with E-state index in [4.69, 9.17) is 12.2 Å². The van der Waals surface area contributed by atoms with Crippen molar-refractivity contribution in [2.75, 3.05) is 13.1 Å². The molecule has 1 aromatic heterocycles. The van der Waals surface area contributed by atoms with E-state index < -0.39 is 0 Å². The average molecular weight is 265 g/mol. The van der Waals surface area contributed by atoms with Gasteiger partial charge in [0.15, 0.2) is 4.77 Å². The second kappa shape index (κ2) is 4.82. The Kier molecular flexibility index (Phi) is 3.32. The molecule has 2 saturated heterocycles. The minimum atomic E-state index is 0.538. The Morgan fingerprint density at radius 3 is 2.83 bits per heavy atom. The largest absolute Gasteiger partial charge is 0.337 e. The lowest BCUT2D eigenvalue weighted by atomic mass is 9.98. The van der Waals surface area contributed by atoms with Crippen LogP contribution < -0.4 is 0 Å². The van der Waals surface area contributed by atoms with Gasteiger partial charge in [0, 0.05) is 24.5 Å².